The van der Waals surface area contributed by atoms with E-state index in [2.05, 4.69) is 0 Å². The van der Waals surface area contributed by atoms with Gasteiger partial charge in [-0.15, -0.1) is 0 Å². The zero-order chi connectivity index (χ0) is 31.1. The molecule has 0 bridgehead atoms. The molecule has 2 atom stereocenters. The van der Waals surface area contributed by atoms with Gasteiger partial charge in [-0.05, 0) is 59.7 Å². The molecular formula is C32H32O11. The largest absolute Gasteiger partial charge is 0.504 e. The van der Waals surface area contributed by atoms with Crippen LogP contribution in [0.4, 0.5) is 0 Å². The van der Waals surface area contributed by atoms with Crippen molar-refractivity contribution in [3.63, 3.8) is 0 Å². The van der Waals surface area contributed by atoms with Gasteiger partial charge in [-0.2, -0.15) is 0 Å². The average Bonchev–Trinajstić information content (AvgIpc) is 3.03. The summed E-state index contributed by atoms with van der Waals surface area (Å²) in [7, 11) is 6.92. The van der Waals surface area contributed by atoms with E-state index in [1.807, 2.05) is 0 Å². The van der Waals surface area contributed by atoms with Crippen LogP contribution in [0.1, 0.15) is 22.8 Å². The van der Waals surface area contributed by atoms with Crippen molar-refractivity contribution >= 4 is 24.1 Å². The van der Waals surface area contributed by atoms with E-state index in [-0.39, 0.29) is 17.2 Å². The van der Waals surface area contributed by atoms with Crippen LogP contribution >= 0.6 is 0 Å². The number of carbonyl (C=O) groups excluding carboxylic acids is 2. The van der Waals surface area contributed by atoms with Crippen LogP contribution in [0.25, 0.3) is 23.3 Å². The van der Waals surface area contributed by atoms with Crippen molar-refractivity contribution in [2.75, 3.05) is 42.2 Å². The van der Waals surface area contributed by atoms with Crippen molar-refractivity contribution in [3.8, 4) is 45.6 Å². The number of ether oxygens (including phenoxy) is 7. The molecule has 0 fully saturated rings. The van der Waals surface area contributed by atoms with Gasteiger partial charge in [-0.3, -0.25) is 0 Å². The summed E-state index contributed by atoms with van der Waals surface area (Å²) in [5.41, 5.74) is 2.68. The van der Waals surface area contributed by atoms with Crippen LogP contribution in [0.15, 0.2) is 54.6 Å². The Bertz CT molecular complexity index is 1560. The molecule has 1 aliphatic rings. The molecule has 4 rings (SSSR count). The van der Waals surface area contributed by atoms with Crippen LogP contribution in [0.5, 0.6) is 34.5 Å². The minimum absolute atomic E-state index is 0.0712. The number of aliphatic hydroxyl groups excluding tert-OH is 1. The van der Waals surface area contributed by atoms with Gasteiger partial charge >= 0.3 is 11.9 Å². The molecule has 3 aromatic rings. The molecule has 0 radical (unpaired) electrons. The Labute approximate surface area is 248 Å². The second kappa shape index (κ2) is 13.7. The van der Waals surface area contributed by atoms with Gasteiger partial charge in [0.2, 0.25) is 0 Å². The number of carbonyl (C=O) groups is 2. The first-order valence-corrected chi connectivity index (χ1v) is 13.0. The number of rotatable bonds is 9. The lowest BCUT2D eigenvalue weighted by Crippen LogP contribution is -2.34. The fourth-order valence-electron chi connectivity index (χ4n) is 4.55. The third kappa shape index (κ3) is 6.68. The Hall–Kier alpha value is -5.16. The second-order valence-electron chi connectivity index (χ2n) is 9.22. The van der Waals surface area contributed by atoms with E-state index >= 15 is 0 Å². The number of hydrogen-bond donors (Lipinski definition) is 2. The summed E-state index contributed by atoms with van der Waals surface area (Å²) in [6.07, 6.45) is 3.77. The highest BCUT2D eigenvalue weighted by Gasteiger charge is 2.35. The number of phenolic OH excluding ortho intramolecular Hbond substituents is 1. The molecule has 2 N–H and O–H groups in total. The zero-order valence-electron chi connectivity index (χ0n) is 24.3. The number of aromatic hydroxyl groups is 1. The quantitative estimate of drug-likeness (QED) is 0.271. The number of methoxy groups -OCH3 is 5. The predicted molar refractivity (Wildman–Crippen MR) is 157 cm³/mol. The summed E-state index contributed by atoms with van der Waals surface area (Å²) in [5.74, 6) is 0.252. The Balaban J connectivity index is 2.02. The number of hydrogen-bond acceptors (Lipinski definition) is 11. The molecule has 1 heterocycles. The number of aliphatic hydroxyl groups is 1. The average molecular weight is 593 g/mol. The van der Waals surface area contributed by atoms with Crippen LogP contribution in [-0.2, 0) is 19.1 Å². The standard InChI is InChI=1S/C32H32O11/c1-37-24-16-20(8-9-23(24)34)30-27(17-33)42-31-21(12-18(14-25(31)38-2)6-10-28(35)40-4)22-13-19(7-11-29(36)41-5)15-26(39-3)32(22)43-30/h6-16,27,30,33-34H,17H2,1-5H3/b10-6+,11-7+. The fourth-order valence-corrected chi connectivity index (χ4v) is 4.55. The van der Waals surface area contributed by atoms with Crippen LogP contribution in [0.3, 0.4) is 0 Å². The first-order chi connectivity index (χ1) is 20.8. The smallest absolute Gasteiger partial charge is 0.330 e. The topological polar surface area (TPSA) is 139 Å². The Morgan fingerprint density at radius 2 is 1.26 bits per heavy atom. The predicted octanol–water partition coefficient (Wildman–Crippen LogP) is 4.33. The third-order valence-corrected chi connectivity index (χ3v) is 6.67. The Morgan fingerprint density at radius 1 is 0.744 bits per heavy atom. The Morgan fingerprint density at radius 3 is 1.72 bits per heavy atom. The molecule has 11 nitrogen and oxygen atoms in total. The van der Waals surface area contributed by atoms with Crippen molar-refractivity contribution in [3.05, 3.63) is 71.3 Å². The minimum Gasteiger partial charge on any atom is -0.504 e. The summed E-state index contributed by atoms with van der Waals surface area (Å²) >= 11 is 0. The maximum atomic E-state index is 11.9. The molecule has 0 aliphatic carbocycles. The molecule has 0 saturated carbocycles. The highest BCUT2D eigenvalue weighted by atomic mass is 16.6. The Kier molecular flexibility index (Phi) is 9.79. The van der Waals surface area contributed by atoms with E-state index in [1.165, 1.54) is 53.8 Å². The second-order valence-corrected chi connectivity index (χ2v) is 9.22. The van der Waals surface area contributed by atoms with Crippen LogP contribution < -0.4 is 23.7 Å². The first kappa shape index (κ1) is 30.8. The van der Waals surface area contributed by atoms with Crippen molar-refractivity contribution in [1.82, 2.24) is 0 Å². The number of phenols is 1. The molecule has 11 heteroatoms. The molecule has 0 amide bonds. The van der Waals surface area contributed by atoms with Crippen molar-refractivity contribution in [2.24, 2.45) is 0 Å². The summed E-state index contributed by atoms with van der Waals surface area (Å²) in [5, 5.41) is 20.7. The lowest BCUT2D eigenvalue weighted by Gasteiger charge is -2.33. The zero-order valence-corrected chi connectivity index (χ0v) is 24.3. The first-order valence-electron chi connectivity index (χ1n) is 13.0. The molecule has 43 heavy (non-hydrogen) atoms. The van der Waals surface area contributed by atoms with E-state index in [0.29, 0.717) is 45.1 Å². The molecule has 0 saturated heterocycles. The van der Waals surface area contributed by atoms with Gasteiger partial charge in [-0.25, -0.2) is 9.59 Å². The molecule has 2 unspecified atom stereocenters. The molecule has 0 aromatic heterocycles. The van der Waals surface area contributed by atoms with Gasteiger partial charge in [-0.1, -0.05) is 6.07 Å². The maximum Gasteiger partial charge on any atom is 0.330 e. The normalized spacial score (nSPS) is 15.8. The number of benzene rings is 3. The van der Waals surface area contributed by atoms with Gasteiger partial charge in [0.1, 0.15) is 0 Å². The van der Waals surface area contributed by atoms with Gasteiger partial charge < -0.3 is 43.4 Å². The summed E-state index contributed by atoms with van der Waals surface area (Å²) < 4.78 is 39.2. The highest BCUT2D eigenvalue weighted by Crippen LogP contribution is 2.51. The lowest BCUT2D eigenvalue weighted by atomic mass is 9.95. The fraction of sp³-hybridized carbons (Fsp3) is 0.250. The van der Waals surface area contributed by atoms with Gasteiger partial charge in [0.05, 0.1) is 42.2 Å². The summed E-state index contributed by atoms with van der Waals surface area (Å²) in [4.78, 5) is 23.7. The van der Waals surface area contributed by atoms with Crippen molar-refractivity contribution < 1.29 is 53.0 Å². The number of esters is 2. The van der Waals surface area contributed by atoms with Gasteiger partial charge in [0.15, 0.2) is 46.7 Å². The molecule has 226 valence electrons. The highest BCUT2D eigenvalue weighted by molar-refractivity contribution is 5.90. The summed E-state index contributed by atoms with van der Waals surface area (Å²) in [6.45, 7) is -0.460. The van der Waals surface area contributed by atoms with Gasteiger partial charge in [0.25, 0.3) is 0 Å². The van der Waals surface area contributed by atoms with E-state index < -0.39 is 30.8 Å². The third-order valence-electron chi connectivity index (χ3n) is 6.67. The van der Waals surface area contributed by atoms with Crippen LogP contribution in [0, 0.1) is 0 Å². The van der Waals surface area contributed by atoms with E-state index in [4.69, 9.17) is 33.2 Å². The molecule has 3 aromatic carbocycles. The van der Waals surface area contributed by atoms with E-state index in [0.717, 1.165) is 0 Å². The minimum atomic E-state index is -0.963. The summed E-state index contributed by atoms with van der Waals surface area (Å²) in [6, 6.07) is 11.6. The van der Waals surface area contributed by atoms with Crippen LogP contribution in [-0.4, -0.2) is 70.4 Å². The lowest BCUT2D eigenvalue weighted by molar-refractivity contribution is -0.135. The van der Waals surface area contributed by atoms with Crippen molar-refractivity contribution in [1.29, 1.82) is 0 Å². The van der Waals surface area contributed by atoms with Gasteiger partial charge in [0, 0.05) is 28.8 Å². The molecule has 1 aliphatic heterocycles. The molecule has 0 spiro atoms. The van der Waals surface area contributed by atoms with Crippen molar-refractivity contribution in [2.45, 2.75) is 12.2 Å². The van der Waals surface area contributed by atoms with E-state index in [1.54, 1.807) is 48.6 Å². The van der Waals surface area contributed by atoms with E-state index in [9.17, 15) is 19.8 Å². The molecular weight excluding hydrogens is 560 g/mol. The van der Waals surface area contributed by atoms with Crippen LogP contribution in [0.2, 0.25) is 0 Å². The number of fused-ring (bicyclic) bond motifs is 3. The monoisotopic (exact) mass is 592 g/mol. The SMILES string of the molecule is COC(=O)/C=C/c1cc(OC)c2c(c1)-c1cc(/C=C/C(=O)OC)cc(OC)c1OC(c1ccc(O)c(OC)c1)C(CO)O2. The maximum absolute atomic E-state index is 11.9.